The maximum Gasteiger partial charge on any atom is 0.244 e. The lowest BCUT2D eigenvalue weighted by atomic mass is 10.5. The minimum absolute atomic E-state index is 0.0409. The second kappa shape index (κ2) is 5.05. The Hall–Kier alpha value is -1.44. The van der Waals surface area contributed by atoms with E-state index in [1.165, 1.54) is 18.5 Å². The number of sulfonamides is 1. The van der Waals surface area contributed by atoms with Gasteiger partial charge in [-0.15, -0.1) is 0 Å². The fourth-order valence-electron chi connectivity index (χ4n) is 1.36. The molecule has 0 aliphatic carbocycles. The Labute approximate surface area is 110 Å². The first-order valence-corrected chi connectivity index (χ1v) is 6.92. The van der Waals surface area contributed by atoms with Crippen LogP contribution in [-0.2, 0) is 23.6 Å². The van der Waals surface area contributed by atoms with E-state index in [1.807, 2.05) is 0 Å². The van der Waals surface area contributed by atoms with E-state index in [0.717, 1.165) is 0 Å². The van der Waals surface area contributed by atoms with Crippen LogP contribution in [0, 0.1) is 0 Å². The van der Waals surface area contributed by atoms with Gasteiger partial charge in [-0.1, -0.05) is 11.6 Å². The van der Waals surface area contributed by atoms with E-state index in [1.54, 1.807) is 24.0 Å². The van der Waals surface area contributed by atoms with Gasteiger partial charge in [0.2, 0.25) is 10.0 Å². The Morgan fingerprint density at radius 1 is 1.44 bits per heavy atom. The molecule has 8 heteroatoms. The number of aromatic nitrogens is 3. The van der Waals surface area contributed by atoms with Crippen LogP contribution in [0.3, 0.4) is 0 Å². The van der Waals surface area contributed by atoms with Crippen LogP contribution < -0.4 is 4.72 Å². The number of rotatable bonds is 4. The summed E-state index contributed by atoms with van der Waals surface area (Å²) in [6, 6.07) is 1.43. The highest BCUT2D eigenvalue weighted by atomic mass is 35.5. The Balaban J connectivity index is 2.19. The molecule has 0 aliphatic rings. The van der Waals surface area contributed by atoms with Crippen molar-refractivity contribution in [1.29, 1.82) is 0 Å². The van der Waals surface area contributed by atoms with Gasteiger partial charge in [-0.3, -0.25) is 4.98 Å². The molecule has 0 spiro atoms. The summed E-state index contributed by atoms with van der Waals surface area (Å²) < 4.78 is 28.1. The summed E-state index contributed by atoms with van der Waals surface area (Å²) in [5.74, 6) is 0.610. The van der Waals surface area contributed by atoms with Crippen molar-refractivity contribution in [1.82, 2.24) is 19.3 Å². The highest BCUT2D eigenvalue weighted by molar-refractivity contribution is 7.89. The van der Waals surface area contributed by atoms with E-state index in [0.29, 0.717) is 5.82 Å². The third-order valence-corrected chi connectivity index (χ3v) is 4.24. The van der Waals surface area contributed by atoms with Gasteiger partial charge in [0.25, 0.3) is 0 Å². The van der Waals surface area contributed by atoms with Crippen LogP contribution in [-0.4, -0.2) is 23.0 Å². The van der Waals surface area contributed by atoms with E-state index >= 15 is 0 Å². The molecular formula is C10H11ClN4O2S. The van der Waals surface area contributed by atoms with Gasteiger partial charge in [-0.25, -0.2) is 18.1 Å². The molecule has 2 heterocycles. The molecule has 6 nitrogen and oxygen atoms in total. The van der Waals surface area contributed by atoms with Crippen molar-refractivity contribution in [3.63, 3.8) is 0 Å². The zero-order valence-corrected chi connectivity index (χ0v) is 11.1. The summed E-state index contributed by atoms with van der Waals surface area (Å²) in [4.78, 5) is 7.73. The summed E-state index contributed by atoms with van der Waals surface area (Å²) in [7, 11) is -1.90. The van der Waals surface area contributed by atoms with E-state index in [2.05, 4.69) is 14.7 Å². The highest BCUT2D eigenvalue weighted by Gasteiger charge is 2.18. The molecule has 0 fully saturated rings. The van der Waals surface area contributed by atoms with Gasteiger partial charge in [0.1, 0.15) is 10.7 Å². The summed E-state index contributed by atoms with van der Waals surface area (Å²) in [6.07, 6.45) is 5.98. The van der Waals surface area contributed by atoms with Crippen LogP contribution in [0.1, 0.15) is 5.82 Å². The first-order valence-electron chi connectivity index (χ1n) is 5.06. The molecule has 0 bridgehead atoms. The van der Waals surface area contributed by atoms with Crippen molar-refractivity contribution in [2.45, 2.75) is 11.4 Å². The monoisotopic (exact) mass is 286 g/mol. The molecule has 0 amide bonds. The number of halogens is 1. The Bertz CT molecular complexity index is 653. The standard InChI is InChI=1S/C10H11ClN4O2S/c1-15-5-4-13-10(15)7-14-18(16,17)9-6-12-3-2-8(9)11/h2-6,14H,7H2,1H3. The molecule has 0 radical (unpaired) electrons. The number of imidazole rings is 1. The zero-order chi connectivity index (χ0) is 13.2. The molecule has 0 saturated heterocycles. The molecule has 96 valence electrons. The van der Waals surface area contributed by atoms with Crippen molar-refractivity contribution in [2.75, 3.05) is 0 Å². The first kappa shape index (κ1) is 13.0. The number of nitrogens with zero attached hydrogens (tertiary/aromatic N) is 3. The minimum Gasteiger partial charge on any atom is -0.337 e. The van der Waals surface area contributed by atoms with Crippen molar-refractivity contribution in [2.24, 2.45) is 7.05 Å². The fraction of sp³-hybridized carbons (Fsp3) is 0.200. The van der Waals surface area contributed by atoms with Gasteiger partial charge in [0.05, 0.1) is 11.6 Å². The van der Waals surface area contributed by atoms with Gasteiger partial charge in [-0.05, 0) is 6.07 Å². The average molecular weight is 287 g/mol. The second-order valence-corrected chi connectivity index (χ2v) is 5.73. The van der Waals surface area contributed by atoms with Gasteiger partial charge < -0.3 is 4.57 Å². The highest BCUT2D eigenvalue weighted by Crippen LogP contribution is 2.18. The molecule has 18 heavy (non-hydrogen) atoms. The van der Waals surface area contributed by atoms with Crippen molar-refractivity contribution < 1.29 is 8.42 Å². The largest absolute Gasteiger partial charge is 0.337 e. The predicted octanol–water partition coefficient (Wildman–Crippen LogP) is 0.947. The SMILES string of the molecule is Cn1ccnc1CNS(=O)(=O)c1cnccc1Cl. The topological polar surface area (TPSA) is 76.9 Å². The van der Waals surface area contributed by atoms with Crippen molar-refractivity contribution >= 4 is 21.6 Å². The smallest absolute Gasteiger partial charge is 0.244 e. The molecule has 0 saturated carbocycles. The molecule has 2 rings (SSSR count). The second-order valence-electron chi connectivity index (χ2n) is 3.59. The third-order valence-electron chi connectivity index (χ3n) is 2.36. The molecular weight excluding hydrogens is 276 g/mol. The van der Waals surface area contributed by atoms with E-state index < -0.39 is 10.0 Å². The van der Waals surface area contributed by atoms with Gasteiger partial charge in [-0.2, -0.15) is 0 Å². The molecule has 0 atom stereocenters. The first-order chi connectivity index (χ1) is 8.50. The lowest BCUT2D eigenvalue weighted by Crippen LogP contribution is -2.25. The summed E-state index contributed by atoms with van der Waals surface area (Å²) in [6.45, 7) is 0.0943. The van der Waals surface area contributed by atoms with Crippen LogP contribution in [0.15, 0.2) is 35.7 Å². The quantitative estimate of drug-likeness (QED) is 0.908. The molecule has 2 aromatic rings. The number of hydrogen-bond acceptors (Lipinski definition) is 4. The predicted molar refractivity (Wildman–Crippen MR) is 66.5 cm³/mol. The van der Waals surface area contributed by atoms with E-state index in [-0.39, 0.29) is 16.5 Å². The maximum atomic E-state index is 12.0. The Morgan fingerprint density at radius 3 is 2.83 bits per heavy atom. The van der Waals surface area contributed by atoms with E-state index in [4.69, 9.17) is 11.6 Å². The lowest BCUT2D eigenvalue weighted by molar-refractivity contribution is 0.577. The van der Waals surface area contributed by atoms with Gasteiger partial charge in [0, 0.05) is 31.8 Å². The molecule has 0 aliphatic heterocycles. The summed E-state index contributed by atoms with van der Waals surface area (Å²) in [5, 5.41) is 0.136. The number of aryl methyl sites for hydroxylation is 1. The number of nitrogens with one attached hydrogen (secondary N) is 1. The molecule has 1 N–H and O–H groups in total. The summed E-state index contributed by atoms with van der Waals surface area (Å²) >= 11 is 5.82. The Morgan fingerprint density at radius 2 is 2.22 bits per heavy atom. The van der Waals surface area contributed by atoms with Gasteiger partial charge >= 0.3 is 0 Å². The van der Waals surface area contributed by atoms with Crippen molar-refractivity contribution in [3.8, 4) is 0 Å². The number of pyridine rings is 1. The number of hydrogen-bond donors (Lipinski definition) is 1. The fourth-order valence-corrected chi connectivity index (χ4v) is 2.77. The molecule has 0 aromatic carbocycles. The average Bonchev–Trinajstić information content (AvgIpc) is 2.73. The van der Waals surface area contributed by atoms with Crippen LogP contribution in [0.5, 0.6) is 0 Å². The molecule has 2 aromatic heterocycles. The molecule has 0 unspecified atom stereocenters. The summed E-state index contributed by atoms with van der Waals surface area (Å²) in [5.41, 5.74) is 0. The van der Waals surface area contributed by atoms with Gasteiger partial charge in [0.15, 0.2) is 0 Å². The van der Waals surface area contributed by atoms with Crippen LogP contribution >= 0.6 is 11.6 Å². The van der Waals surface area contributed by atoms with Crippen LogP contribution in [0.2, 0.25) is 5.02 Å². The minimum atomic E-state index is -3.68. The van der Waals surface area contributed by atoms with Crippen molar-refractivity contribution in [3.05, 3.63) is 41.7 Å². The van der Waals surface area contributed by atoms with Crippen LogP contribution in [0.25, 0.3) is 0 Å². The third kappa shape index (κ3) is 2.69. The normalized spacial score (nSPS) is 11.7. The maximum absolute atomic E-state index is 12.0. The van der Waals surface area contributed by atoms with Crippen LogP contribution in [0.4, 0.5) is 0 Å². The zero-order valence-electron chi connectivity index (χ0n) is 9.54. The Kier molecular flexibility index (Phi) is 3.65. The lowest BCUT2D eigenvalue weighted by Gasteiger charge is -2.07. The van der Waals surface area contributed by atoms with E-state index in [9.17, 15) is 8.42 Å².